The number of aromatic nitrogens is 3. The molecule has 7 heteroatoms. The van der Waals surface area contributed by atoms with E-state index >= 15 is 0 Å². The standard InChI is InChI=1S/C10H14FN3O3/c1-6(11)4-5-13-10(17)14-7(9(15)16)2-3-8(14)12-13/h6-7H,2-5H2,1H3,(H,15,16). The van der Waals surface area contributed by atoms with Crippen LogP contribution in [0.25, 0.3) is 0 Å². The fourth-order valence-corrected chi connectivity index (χ4v) is 2.02. The number of alkyl halides is 1. The Balaban J connectivity index is 2.27. The van der Waals surface area contributed by atoms with Gasteiger partial charge in [0.25, 0.3) is 0 Å². The van der Waals surface area contributed by atoms with Crippen molar-refractivity contribution >= 4 is 5.97 Å². The fourth-order valence-electron chi connectivity index (χ4n) is 2.02. The van der Waals surface area contributed by atoms with Crippen LogP contribution in [0.3, 0.4) is 0 Å². The molecule has 0 spiro atoms. The van der Waals surface area contributed by atoms with Crippen molar-refractivity contribution in [2.75, 3.05) is 0 Å². The summed E-state index contributed by atoms with van der Waals surface area (Å²) in [6.45, 7) is 1.59. The van der Waals surface area contributed by atoms with Crippen LogP contribution in [0.4, 0.5) is 4.39 Å². The molecule has 1 aliphatic rings. The minimum absolute atomic E-state index is 0.183. The predicted molar refractivity (Wildman–Crippen MR) is 56.7 cm³/mol. The number of hydrogen-bond donors (Lipinski definition) is 1. The topological polar surface area (TPSA) is 77.1 Å². The van der Waals surface area contributed by atoms with Crippen LogP contribution in [0.5, 0.6) is 0 Å². The second kappa shape index (κ2) is 4.31. The van der Waals surface area contributed by atoms with Gasteiger partial charge in [-0.3, -0.25) is 4.57 Å². The van der Waals surface area contributed by atoms with E-state index in [0.717, 1.165) is 4.68 Å². The van der Waals surface area contributed by atoms with E-state index in [0.29, 0.717) is 18.7 Å². The second-order valence-electron chi connectivity index (χ2n) is 4.25. The maximum Gasteiger partial charge on any atom is 0.346 e. The zero-order valence-electron chi connectivity index (χ0n) is 9.47. The Morgan fingerprint density at radius 2 is 2.41 bits per heavy atom. The van der Waals surface area contributed by atoms with E-state index in [-0.39, 0.29) is 13.0 Å². The van der Waals surface area contributed by atoms with Gasteiger partial charge in [0, 0.05) is 13.0 Å². The number of carboxylic acids is 1. The van der Waals surface area contributed by atoms with E-state index in [1.807, 2.05) is 0 Å². The monoisotopic (exact) mass is 243 g/mol. The van der Waals surface area contributed by atoms with Gasteiger partial charge < -0.3 is 5.11 Å². The maximum atomic E-state index is 12.7. The Hall–Kier alpha value is -1.66. The SMILES string of the molecule is CC(F)CCn1nc2n(c1=O)C(C(=O)O)CC2. The van der Waals surface area contributed by atoms with Crippen LogP contribution in [-0.4, -0.2) is 31.6 Å². The molecule has 0 saturated carbocycles. The molecule has 2 rings (SSSR count). The van der Waals surface area contributed by atoms with Gasteiger partial charge in [-0.2, -0.15) is 5.10 Å². The molecular formula is C10H14FN3O3. The van der Waals surface area contributed by atoms with Gasteiger partial charge in [-0.1, -0.05) is 0 Å². The molecule has 17 heavy (non-hydrogen) atoms. The smallest absolute Gasteiger partial charge is 0.346 e. The van der Waals surface area contributed by atoms with E-state index in [2.05, 4.69) is 5.10 Å². The lowest BCUT2D eigenvalue weighted by molar-refractivity contribution is -0.140. The normalized spacial score (nSPS) is 20.2. The van der Waals surface area contributed by atoms with Crippen molar-refractivity contribution in [2.45, 2.75) is 44.9 Å². The Bertz CT molecular complexity index is 491. The number of hydrogen-bond acceptors (Lipinski definition) is 3. The molecule has 6 nitrogen and oxygen atoms in total. The first-order chi connectivity index (χ1) is 8.00. The predicted octanol–water partition coefficient (Wildman–Crippen LogP) is 0.365. The number of halogens is 1. The molecule has 0 radical (unpaired) electrons. The van der Waals surface area contributed by atoms with Crippen LogP contribution < -0.4 is 5.69 Å². The average molecular weight is 243 g/mol. The van der Waals surface area contributed by atoms with Gasteiger partial charge in [0.15, 0.2) is 0 Å². The molecule has 0 aromatic carbocycles. The molecule has 0 fully saturated rings. The zero-order chi connectivity index (χ0) is 12.6. The Kier molecular flexibility index (Phi) is 2.99. The Labute approximate surface area is 96.7 Å². The fraction of sp³-hybridized carbons (Fsp3) is 0.700. The highest BCUT2D eigenvalue weighted by atomic mass is 19.1. The lowest BCUT2D eigenvalue weighted by Crippen LogP contribution is -2.30. The van der Waals surface area contributed by atoms with Crippen LogP contribution in [0.1, 0.15) is 31.6 Å². The molecule has 2 atom stereocenters. The molecule has 2 heterocycles. The highest BCUT2D eigenvalue weighted by Gasteiger charge is 2.32. The summed E-state index contributed by atoms with van der Waals surface area (Å²) in [5.74, 6) is -0.543. The van der Waals surface area contributed by atoms with Crippen molar-refractivity contribution in [1.82, 2.24) is 14.3 Å². The maximum absolute atomic E-state index is 12.7. The molecule has 1 aliphatic heterocycles. The van der Waals surface area contributed by atoms with Gasteiger partial charge in [0.1, 0.15) is 11.9 Å². The summed E-state index contributed by atoms with van der Waals surface area (Å²) in [6, 6.07) is -0.825. The van der Waals surface area contributed by atoms with E-state index < -0.39 is 23.9 Å². The molecule has 0 amide bonds. The quantitative estimate of drug-likeness (QED) is 0.828. The number of nitrogens with zero attached hydrogens (tertiary/aromatic N) is 3. The van der Waals surface area contributed by atoms with Crippen molar-refractivity contribution in [3.05, 3.63) is 16.3 Å². The van der Waals surface area contributed by atoms with Crippen LogP contribution in [0.15, 0.2) is 4.79 Å². The zero-order valence-corrected chi connectivity index (χ0v) is 9.47. The molecule has 2 unspecified atom stereocenters. The first-order valence-electron chi connectivity index (χ1n) is 5.56. The third-order valence-corrected chi connectivity index (χ3v) is 2.92. The van der Waals surface area contributed by atoms with Gasteiger partial charge in [-0.15, -0.1) is 0 Å². The number of aliphatic carboxylic acids is 1. The third-order valence-electron chi connectivity index (χ3n) is 2.92. The van der Waals surface area contributed by atoms with Crippen molar-refractivity contribution in [1.29, 1.82) is 0 Å². The van der Waals surface area contributed by atoms with Crippen molar-refractivity contribution in [2.24, 2.45) is 0 Å². The Morgan fingerprint density at radius 1 is 1.71 bits per heavy atom. The molecule has 0 bridgehead atoms. The number of fused-ring (bicyclic) bond motifs is 1. The first-order valence-corrected chi connectivity index (χ1v) is 5.56. The first kappa shape index (κ1) is 11.8. The van der Waals surface area contributed by atoms with Gasteiger partial charge in [0.05, 0.1) is 6.17 Å². The van der Waals surface area contributed by atoms with Gasteiger partial charge in [-0.25, -0.2) is 18.7 Å². The molecule has 0 saturated heterocycles. The summed E-state index contributed by atoms with van der Waals surface area (Å²) in [6.07, 6.45) is 0.0693. The summed E-state index contributed by atoms with van der Waals surface area (Å²) in [7, 11) is 0. The molecule has 1 N–H and O–H groups in total. The van der Waals surface area contributed by atoms with Crippen molar-refractivity contribution in [3.8, 4) is 0 Å². The van der Waals surface area contributed by atoms with Crippen LogP contribution in [-0.2, 0) is 17.8 Å². The molecular weight excluding hydrogens is 229 g/mol. The number of rotatable bonds is 4. The molecule has 94 valence electrons. The summed E-state index contributed by atoms with van der Waals surface area (Å²) < 4.78 is 15.0. The summed E-state index contributed by atoms with van der Waals surface area (Å²) in [5, 5.41) is 13.0. The minimum atomic E-state index is -1.02. The number of carboxylic acid groups (broad SMARTS) is 1. The van der Waals surface area contributed by atoms with Crippen molar-refractivity contribution < 1.29 is 14.3 Å². The lowest BCUT2D eigenvalue weighted by atomic mass is 10.2. The summed E-state index contributed by atoms with van der Waals surface area (Å²) in [5.41, 5.74) is -0.453. The minimum Gasteiger partial charge on any atom is -0.480 e. The molecule has 0 aliphatic carbocycles. The van der Waals surface area contributed by atoms with E-state index in [9.17, 15) is 14.0 Å². The van der Waals surface area contributed by atoms with E-state index in [4.69, 9.17) is 5.11 Å². The van der Waals surface area contributed by atoms with Crippen LogP contribution in [0, 0.1) is 0 Å². The average Bonchev–Trinajstić information content (AvgIpc) is 2.76. The van der Waals surface area contributed by atoms with E-state index in [1.165, 1.54) is 11.5 Å². The summed E-state index contributed by atoms with van der Waals surface area (Å²) in [4.78, 5) is 22.8. The Morgan fingerprint density at radius 3 is 3.00 bits per heavy atom. The van der Waals surface area contributed by atoms with Gasteiger partial charge >= 0.3 is 11.7 Å². The van der Waals surface area contributed by atoms with Gasteiger partial charge in [0.2, 0.25) is 0 Å². The third kappa shape index (κ3) is 2.09. The molecule has 1 aromatic rings. The van der Waals surface area contributed by atoms with E-state index in [1.54, 1.807) is 0 Å². The lowest BCUT2D eigenvalue weighted by Gasteiger charge is -2.05. The van der Waals surface area contributed by atoms with Crippen LogP contribution >= 0.6 is 0 Å². The van der Waals surface area contributed by atoms with Crippen LogP contribution in [0.2, 0.25) is 0 Å². The second-order valence-corrected chi connectivity index (χ2v) is 4.25. The highest BCUT2D eigenvalue weighted by Crippen LogP contribution is 2.22. The largest absolute Gasteiger partial charge is 0.480 e. The molecule has 1 aromatic heterocycles. The number of carbonyl (C=O) groups is 1. The highest BCUT2D eigenvalue weighted by molar-refractivity contribution is 5.72. The number of aryl methyl sites for hydroxylation is 2. The van der Waals surface area contributed by atoms with Crippen molar-refractivity contribution in [3.63, 3.8) is 0 Å². The summed E-state index contributed by atoms with van der Waals surface area (Å²) >= 11 is 0. The van der Waals surface area contributed by atoms with Gasteiger partial charge in [-0.05, 0) is 19.8 Å².